The lowest BCUT2D eigenvalue weighted by Gasteiger charge is -2.30. The molecule has 0 aliphatic rings. The molecule has 0 radical (unpaired) electrons. The number of rotatable bonds is 8. The van der Waals surface area contributed by atoms with Gasteiger partial charge in [-0.15, -0.1) is 0 Å². The Morgan fingerprint density at radius 1 is 1.33 bits per heavy atom. The molecule has 118 valence electrons. The van der Waals surface area contributed by atoms with Crippen LogP contribution in [0.1, 0.15) is 38.8 Å². The quantitative estimate of drug-likeness (QED) is 0.590. The highest BCUT2D eigenvalue weighted by atomic mass is 16.6. The van der Waals surface area contributed by atoms with Gasteiger partial charge in [-0.2, -0.15) is 0 Å². The second-order valence-corrected chi connectivity index (χ2v) is 6.09. The normalized spacial score (nSPS) is 14.4. The molecule has 5 nitrogen and oxygen atoms in total. The summed E-state index contributed by atoms with van der Waals surface area (Å²) in [5.74, 6) is 0.500. The monoisotopic (exact) mass is 293 g/mol. The van der Waals surface area contributed by atoms with Crippen LogP contribution in [-0.2, 0) is 0 Å². The van der Waals surface area contributed by atoms with E-state index >= 15 is 0 Å². The molecule has 0 aromatic heterocycles. The van der Waals surface area contributed by atoms with Crippen molar-refractivity contribution in [2.75, 3.05) is 20.6 Å². The van der Waals surface area contributed by atoms with Crippen LogP contribution >= 0.6 is 0 Å². The van der Waals surface area contributed by atoms with Gasteiger partial charge in [-0.3, -0.25) is 10.1 Å². The van der Waals surface area contributed by atoms with E-state index in [1.807, 2.05) is 6.07 Å². The van der Waals surface area contributed by atoms with Crippen LogP contribution in [0.15, 0.2) is 24.3 Å². The van der Waals surface area contributed by atoms with E-state index in [2.05, 4.69) is 45.1 Å². The predicted molar refractivity (Wildman–Crippen MR) is 86.4 cm³/mol. The van der Waals surface area contributed by atoms with Crippen LogP contribution in [0.4, 0.5) is 5.69 Å². The van der Waals surface area contributed by atoms with Gasteiger partial charge in [0, 0.05) is 30.8 Å². The Bertz CT molecular complexity index is 461. The van der Waals surface area contributed by atoms with Crippen molar-refractivity contribution in [3.05, 3.63) is 39.9 Å². The number of non-ortho nitro benzene ring substituents is 1. The van der Waals surface area contributed by atoms with Gasteiger partial charge in [0.25, 0.3) is 5.69 Å². The highest BCUT2D eigenvalue weighted by Crippen LogP contribution is 2.23. The van der Waals surface area contributed by atoms with E-state index in [9.17, 15) is 10.1 Å². The highest BCUT2D eigenvalue weighted by Gasteiger charge is 2.20. The van der Waals surface area contributed by atoms with Crippen molar-refractivity contribution in [1.82, 2.24) is 10.2 Å². The van der Waals surface area contributed by atoms with E-state index in [4.69, 9.17) is 0 Å². The molecule has 2 unspecified atom stereocenters. The molecule has 0 spiro atoms. The minimum atomic E-state index is -0.337. The Hall–Kier alpha value is -1.46. The van der Waals surface area contributed by atoms with E-state index in [1.165, 1.54) is 6.07 Å². The molecule has 0 saturated heterocycles. The Kier molecular flexibility index (Phi) is 6.78. The highest BCUT2D eigenvalue weighted by molar-refractivity contribution is 5.35. The molecule has 1 aromatic rings. The number of likely N-dealkylation sites (N-methyl/N-ethyl adjacent to an activating group) is 1. The minimum Gasteiger partial charge on any atom is -0.308 e. The zero-order valence-electron chi connectivity index (χ0n) is 13.7. The minimum absolute atomic E-state index is 0.136. The van der Waals surface area contributed by atoms with Crippen molar-refractivity contribution >= 4 is 5.69 Å². The first-order chi connectivity index (χ1) is 9.85. The number of hydrogen-bond donors (Lipinski definition) is 1. The van der Waals surface area contributed by atoms with Gasteiger partial charge in [0.1, 0.15) is 0 Å². The second kappa shape index (κ2) is 8.10. The average Bonchev–Trinajstić information content (AvgIpc) is 2.42. The molecule has 2 atom stereocenters. The first kappa shape index (κ1) is 17.6. The van der Waals surface area contributed by atoms with E-state index in [0.29, 0.717) is 12.0 Å². The van der Waals surface area contributed by atoms with Crippen molar-refractivity contribution in [1.29, 1.82) is 0 Å². The van der Waals surface area contributed by atoms with Gasteiger partial charge in [0.05, 0.1) is 4.92 Å². The van der Waals surface area contributed by atoms with Gasteiger partial charge < -0.3 is 10.2 Å². The van der Waals surface area contributed by atoms with Crippen molar-refractivity contribution in [3.8, 4) is 0 Å². The SMILES string of the molecule is CCC(NC(CN(C)C)C(C)C)c1cccc([N+](=O)[O-])c1. The molecule has 0 aliphatic heterocycles. The lowest BCUT2D eigenvalue weighted by Crippen LogP contribution is -2.43. The maximum absolute atomic E-state index is 10.9. The van der Waals surface area contributed by atoms with Crippen LogP contribution in [0.25, 0.3) is 0 Å². The zero-order chi connectivity index (χ0) is 16.0. The van der Waals surface area contributed by atoms with Gasteiger partial charge in [-0.05, 0) is 32.0 Å². The summed E-state index contributed by atoms with van der Waals surface area (Å²) in [6, 6.07) is 7.42. The topological polar surface area (TPSA) is 58.4 Å². The summed E-state index contributed by atoms with van der Waals surface area (Å²) in [6.45, 7) is 7.44. The van der Waals surface area contributed by atoms with Crippen LogP contribution in [-0.4, -0.2) is 36.5 Å². The largest absolute Gasteiger partial charge is 0.308 e. The molecule has 0 saturated carbocycles. The van der Waals surface area contributed by atoms with Crippen LogP contribution in [0.5, 0.6) is 0 Å². The molecule has 0 bridgehead atoms. The molecule has 21 heavy (non-hydrogen) atoms. The number of benzene rings is 1. The van der Waals surface area contributed by atoms with Crippen molar-refractivity contribution < 1.29 is 4.92 Å². The molecule has 5 heteroatoms. The van der Waals surface area contributed by atoms with Crippen molar-refractivity contribution in [2.45, 2.75) is 39.3 Å². The standard InChI is InChI=1S/C16H27N3O2/c1-6-15(17-16(12(2)3)11-18(4)5)13-8-7-9-14(10-13)19(20)21/h7-10,12,15-17H,6,11H2,1-5H3. The van der Waals surface area contributed by atoms with E-state index in [-0.39, 0.29) is 16.7 Å². The molecule has 0 fully saturated rings. The summed E-state index contributed by atoms with van der Waals surface area (Å²) in [5.41, 5.74) is 1.14. The lowest BCUT2D eigenvalue weighted by molar-refractivity contribution is -0.384. The molecule has 0 heterocycles. The van der Waals surface area contributed by atoms with Gasteiger partial charge in [-0.1, -0.05) is 32.9 Å². The Morgan fingerprint density at radius 3 is 2.48 bits per heavy atom. The Morgan fingerprint density at radius 2 is 2.00 bits per heavy atom. The number of nitro benzene ring substituents is 1. The third-order valence-corrected chi connectivity index (χ3v) is 3.67. The summed E-state index contributed by atoms with van der Waals surface area (Å²) in [4.78, 5) is 12.7. The molecular formula is C16H27N3O2. The van der Waals surface area contributed by atoms with E-state index < -0.39 is 0 Å². The summed E-state index contributed by atoms with van der Waals surface area (Å²) in [6.07, 6.45) is 0.901. The molecule has 0 aliphatic carbocycles. The van der Waals surface area contributed by atoms with Crippen molar-refractivity contribution in [2.24, 2.45) is 5.92 Å². The molecule has 1 aromatic carbocycles. The third kappa shape index (κ3) is 5.44. The molecule has 1 rings (SSSR count). The smallest absolute Gasteiger partial charge is 0.269 e. The zero-order valence-corrected chi connectivity index (χ0v) is 13.7. The van der Waals surface area contributed by atoms with Crippen LogP contribution in [0, 0.1) is 16.0 Å². The molecule has 1 N–H and O–H groups in total. The lowest BCUT2D eigenvalue weighted by atomic mass is 9.98. The van der Waals surface area contributed by atoms with Crippen LogP contribution in [0.2, 0.25) is 0 Å². The summed E-state index contributed by atoms with van der Waals surface area (Å²) in [5, 5.41) is 14.6. The first-order valence-electron chi connectivity index (χ1n) is 7.50. The fourth-order valence-corrected chi connectivity index (χ4v) is 2.41. The van der Waals surface area contributed by atoms with Crippen LogP contribution < -0.4 is 5.32 Å². The molecule has 0 amide bonds. The predicted octanol–water partition coefficient (Wildman–Crippen LogP) is 3.22. The van der Waals surface area contributed by atoms with Crippen molar-refractivity contribution in [3.63, 3.8) is 0 Å². The van der Waals surface area contributed by atoms with Gasteiger partial charge >= 0.3 is 0 Å². The maximum Gasteiger partial charge on any atom is 0.269 e. The Balaban J connectivity index is 2.91. The van der Waals surface area contributed by atoms with Crippen LogP contribution in [0.3, 0.4) is 0 Å². The fourth-order valence-electron chi connectivity index (χ4n) is 2.41. The molecular weight excluding hydrogens is 266 g/mol. The summed E-state index contributed by atoms with van der Waals surface area (Å²) in [7, 11) is 4.12. The third-order valence-electron chi connectivity index (χ3n) is 3.67. The average molecular weight is 293 g/mol. The fraction of sp³-hybridized carbons (Fsp3) is 0.625. The van der Waals surface area contributed by atoms with Gasteiger partial charge in [-0.25, -0.2) is 0 Å². The van der Waals surface area contributed by atoms with E-state index in [0.717, 1.165) is 18.5 Å². The number of nitrogens with zero attached hydrogens (tertiary/aromatic N) is 2. The maximum atomic E-state index is 10.9. The van der Waals surface area contributed by atoms with Gasteiger partial charge in [0.2, 0.25) is 0 Å². The van der Waals surface area contributed by atoms with E-state index in [1.54, 1.807) is 12.1 Å². The second-order valence-electron chi connectivity index (χ2n) is 6.09. The van der Waals surface area contributed by atoms with Gasteiger partial charge in [0.15, 0.2) is 0 Å². The number of nitro groups is 1. The number of nitrogens with one attached hydrogen (secondary N) is 1. The summed E-state index contributed by atoms with van der Waals surface area (Å²) >= 11 is 0. The summed E-state index contributed by atoms with van der Waals surface area (Å²) < 4.78 is 0. The Labute approximate surface area is 127 Å². The first-order valence-corrected chi connectivity index (χ1v) is 7.50. The number of hydrogen-bond acceptors (Lipinski definition) is 4.